The molecule has 0 fully saturated rings. The summed E-state index contributed by atoms with van der Waals surface area (Å²) < 4.78 is 13.3. The molecule has 0 spiro atoms. The van der Waals surface area contributed by atoms with Gasteiger partial charge in [-0.2, -0.15) is 0 Å². The molecule has 0 unspecified atom stereocenters. The van der Waals surface area contributed by atoms with Gasteiger partial charge in [-0.15, -0.1) is 0 Å². The third kappa shape index (κ3) is 4.58. The Morgan fingerprint density at radius 2 is 2.00 bits per heavy atom. The van der Waals surface area contributed by atoms with Gasteiger partial charge in [-0.05, 0) is 48.4 Å². The van der Waals surface area contributed by atoms with Crippen LogP contribution in [0.5, 0.6) is 5.75 Å². The van der Waals surface area contributed by atoms with E-state index in [0.29, 0.717) is 13.2 Å². The fourth-order valence-corrected chi connectivity index (χ4v) is 4.47. The first-order valence-corrected chi connectivity index (χ1v) is 11.3. The first-order valence-electron chi connectivity index (χ1n) is 11.3. The van der Waals surface area contributed by atoms with Crippen LogP contribution in [0.2, 0.25) is 0 Å². The van der Waals surface area contributed by atoms with Crippen LogP contribution >= 0.6 is 0 Å². The summed E-state index contributed by atoms with van der Waals surface area (Å²) in [5.41, 5.74) is 7.60. The minimum absolute atomic E-state index is 0. The monoisotopic (exact) mass is 465 g/mol. The quantitative estimate of drug-likeness (QED) is 0.326. The molecule has 34 heavy (non-hydrogen) atoms. The third-order valence-electron chi connectivity index (χ3n) is 6.15. The fraction of sp³-hybridized carbons (Fsp3) is 0.259. The Kier molecular flexibility index (Phi) is 7.31. The Balaban J connectivity index is 0.00000274. The molecule has 7 heteroatoms. The van der Waals surface area contributed by atoms with Crippen molar-refractivity contribution in [3.8, 4) is 11.4 Å². The topological polar surface area (TPSA) is 65.4 Å². The van der Waals surface area contributed by atoms with Crippen molar-refractivity contribution in [2.24, 2.45) is 0 Å². The summed E-state index contributed by atoms with van der Waals surface area (Å²) in [5, 5.41) is 3.51. The fourth-order valence-electron chi connectivity index (χ4n) is 4.47. The molecule has 0 amide bonds. The van der Waals surface area contributed by atoms with E-state index in [1.807, 2.05) is 24.3 Å². The Hall–Kier alpha value is -2.80. The molecule has 5 rings (SSSR count). The number of imidazole rings is 1. The molecule has 0 aliphatic carbocycles. The molecular weight excluding hydrogens is 437 g/mol. The van der Waals surface area contributed by atoms with E-state index in [2.05, 4.69) is 60.1 Å². The van der Waals surface area contributed by atoms with Gasteiger partial charge in [0, 0.05) is 37.2 Å². The van der Waals surface area contributed by atoms with Crippen molar-refractivity contribution in [3.05, 3.63) is 83.2 Å². The van der Waals surface area contributed by atoms with Crippen LogP contribution in [-0.4, -0.2) is 51.7 Å². The number of aryl methyl sites for hydroxylation is 1. The number of hydrogen-bond acceptors (Lipinski definition) is 5. The Morgan fingerprint density at radius 1 is 1.18 bits per heavy atom. The summed E-state index contributed by atoms with van der Waals surface area (Å²) in [6.45, 7) is 6.76. The molecule has 0 saturated carbocycles. The molecule has 0 bridgehead atoms. The predicted molar refractivity (Wildman–Crippen MR) is 136 cm³/mol. The van der Waals surface area contributed by atoms with Crippen LogP contribution in [0.4, 0.5) is 5.69 Å². The van der Waals surface area contributed by atoms with Crippen molar-refractivity contribution in [2.45, 2.75) is 39.8 Å². The van der Waals surface area contributed by atoms with Crippen molar-refractivity contribution in [3.63, 3.8) is 0 Å². The summed E-state index contributed by atoms with van der Waals surface area (Å²) in [5.74, 6) is 1.52. The normalized spacial score (nSPS) is 14.3. The van der Waals surface area contributed by atoms with Crippen LogP contribution in [-0.2, 0) is 22.5 Å². The Morgan fingerprint density at radius 3 is 2.79 bits per heavy atom. The molecule has 3 aromatic carbocycles. The number of aromatic nitrogens is 2. The zero-order valence-corrected chi connectivity index (χ0v) is 19.1. The van der Waals surface area contributed by atoms with Gasteiger partial charge in [0.05, 0.1) is 16.7 Å². The SMILES string of the molecule is CCc1nc2ccccc2n1-c1cccc(CNc2ccc3c(c2)OC[C@H]3OC(C)=O)c1C.[NaH]. The van der Waals surface area contributed by atoms with Gasteiger partial charge < -0.3 is 14.8 Å². The van der Waals surface area contributed by atoms with Crippen molar-refractivity contribution in [1.29, 1.82) is 0 Å². The average Bonchev–Trinajstić information content (AvgIpc) is 3.39. The van der Waals surface area contributed by atoms with Gasteiger partial charge in [-0.25, -0.2) is 4.98 Å². The van der Waals surface area contributed by atoms with Gasteiger partial charge in [-0.3, -0.25) is 9.36 Å². The van der Waals surface area contributed by atoms with Gasteiger partial charge in [0.25, 0.3) is 0 Å². The molecule has 1 aliphatic rings. The van der Waals surface area contributed by atoms with E-state index >= 15 is 0 Å². The van der Waals surface area contributed by atoms with Crippen LogP contribution in [0, 0.1) is 6.92 Å². The summed E-state index contributed by atoms with van der Waals surface area (Å²) in [6, 6.07) is 20.6. The minimum atomic E-state index is -0.330. The third-order valence-corrected chi connectivity index (χ3v) is 6.15. The number of esters is 1. The number of para-hydroxylation sites is 2. The molecular formula is C27H28N3NaO3. The van der Waals surface area contributed by atoms with Gasteiger partial charge in [0.15, 0.2) is 6.10 Å². The van der Waals surface area contributed by atoms with E-state index < -0.39 is 0 Å². The molecule has 1 N–H and O–H groups in total. The van der Waals surface area contributed by atoms with E-state index in [0.717, 1.165) is 46.0 Å². The van der Waals surface area contributed by atoms with E-state index in [-0.39, 0.29) is 41.6 Å². The van der Waals surface area contributed by atoms with Gasteiger partial charge >= 0.3 is 35.5 Å². The molecule has 1 aromatic heterocycles. The van der Waals surface area contributed by atoms with Gasteiger partial charge in [0.1, 0.15) is 18.2 Å². The summed E-state index contributed by atoms with van der Waals surface area (Å²) >= 11 is 0. The number of nitrogens with zero attached hydrogens (tertiary/aromatic N) is 2. The van der Waals surface area contributed by atoms with Gasteiger partial charge in [-0.1, -0.05) is 31.2 Å². The molecule has 1 atom stereocenters. The van der Waals surface area contributed by atoms with Crippen LogP contribution in [0.3, 0.4) is 0 Å². The van der Waals surface area contributed by atoms with Crippen molar-refractivity contribution in [1.82, 2.24) is 9.55 Å². The molecule has 6 nitrogen and oxygen atoms in total. The summed E-state index contributed by atoms with van der Waals surface area (Å²) in [7, 11) is 0. The van der Waals surface area contributed by atoms with Crippen molar-refractivity contribution < 1.29 is 14.3 Å². The standard InChI is InChI=1S/C27H27N3O3.Na.H/c1-4-27-29-22-9-5-6-10-24(22)30(27)23-11-7-8-19(17(23)2)15-28-20-12-13-21-25(14-20)32-16-26(21)33-18(3)31;;/h5-14,26,28H,4,15-16H2,1-3H3;;/t26-;;/m1../s1. The first-order chi connectivity index (χ1) is 16.0. The number of carbonyl (C=O) groups is 1. The first kappa shape index (κ1) is 24.3. The number of hydrogen-bond donors (Lipinski definition) is 1. The van der Waals surface area contributed by atoms with Crippen molar-refractivity contribution in [2.75, 3.05) is 11.9 Å². The summed E-state index contributed by atoms with van der Waals surface area (Å²) in [4.78, 5) is 16.1. The number of rotatable bonds is 6. The zero-order valence-electron chi connectivity index (χ0n) is 19.1. The van der Waals surface area contributed by atoms with Crippen LogP contribution in [0.1, 0.15) is 42.5 Å². The predicted octanol–water partition coefficient (Wildman–Crippen LogP) is 4.86. The zero-order chi connectivity index (χ0) is 22.9. The molecule has 4 aromatic rings. The maximum atomic E-state index is 11.3. The van der Waals surface area contributed by atoms with Crippen LogP contribution in [0.15, 0.2) is 60.7 Å². The summed E-state index contributed by atoms with van der Waals surface area (Å²) in [6.07, 6.45) is 0.531. The van der Waals surface area contributed by atoms with E-state index in [4.69, 9.17) is 14.5 Å². The van der Waals surface area contributed by atoms with Gasteiger partial charge in [0.2, 0.25) is 0 Å². The Labute approximate surface area is 221 Å². The van der Waals surface area contributed by atoms with Crippen LogP contribution < -0.4 is 10.1 Å². The Bertz CT molecular complexity index is 1350. The van der Waals surface area contributed by atoms with E-state index in [9.17, 15) is 4.79 Å². The van der Waals surface area contributed by atoms with Crippen molar-refractivity contribution >= 4 is 52.2 Å². The number of benzene rings is 3. The molecule has 1 aliphatic heterocycles. The van der Waals surface area contributed by atoms with Crippen LogP contribution in [0.25, 0.3) is 16.7 Å². The number of nitrogens with one attached hydrogen (secondary N) is 1. The molecule has 170 valence electrons. The van der Waals surface area contributed by atoms with E-state index in [1.54, 1.807) is 0 Å². The second-order valence-corrected chi connectivity index (χ2v) is 8.28. The second kappa shape index (κ2) is 10.2. The number of carbonyl (C=O) groups excluding carboxylic acids is 1. The molecule has 0 radical (unpaired) electrons. The number of ether oxygens (including phenoxy) is 2. The maximum absolute atomic E-state index is 11.3. The number of anilines is 1. The second-order valence-electron chi connectivity index (χ2n) is 8.28. The average molecular weight is 466 g/mol. The molecule has 0 saturated heterocycles. The number of fused-ring (bicyclic) bond motifs is 2. The molecule has 2 heterocycles. The van der Waals surface area contributed by atoms with E-state index in [1.165, 1.54) is 18.1 Å².